The molecule has 0 bridgehead atoms. The second-order valence-electron chi connectivity index (χ2n) is 7.41. The largest absolute Gasteiger partial charge is 0.497 e. The van der Waals surface area contributed by atoms with Gasteiger partial charge in [0.25, 0.3) is 0 Å². The van der Waals surface area contributed by atoms with Crippen LogP contribution >= 0.6 is 0 Å². The molecule has 0 aromatic heterocycles. The first-order valence-electron chi connectivity index (χ1n) is 10.1. The third-order valence-electron chi connectivity index (χ3n) is 5.57. The third-order valence-corrected chi connectivity index (χ3v) is 5.57. The zero-order chi connectivity index (χ0) is 20.9. The molecule has 0 aliphatic carbocycles. The van der Waals surface area contributed by atoms with Crippen LogP contribution in [0.4, 0.5) is 5.69 Å². The molecule has 30 heavy (non-hydrogen) atoms. The number of nitrogens with zero attached hydrogens (tertiary/aromatic N) is 1. The highest BCUT2D eigenvalue weighted by atomic mass is 16.5. The lowest BCUT2D eigenvalue weighted by atomic mass is 9.79. The molecule has 1 amide bonds. The molecule has 1 N–H and O–H groups in total. The zero-order valence-corrected chi connectivity index (χ0v) is 16.9. The fourth-order valence-electron chi connectivity index (χ4n) is 3.92. The summed E-state index contributed by atoms with van der Waals surface area (Å²) in [6, 6.07) is 25.5. The van der Waals surface area contributed by atoms with E-state index in [2.05, 4.69) is 6.08 Å². The number of rotatable bonds is 7. The summed E-state index contributed by atoms with van der Waals surface area (Å²) in [5.74, 6) is 0.840. The van der Waals surface area contributed by atoms with Crippen molar-refractivity contribution in [3.63, 3.8) is 0 Å². The van der Waals surface area contributed by atoms with Gasteiger partial charge in [0.05, 0.1) is 25.7 Å². The van der Waals surface area contributed by atoms with E-state index in [0.717, 1.165) is 28.1 Å². The van der Waals surface area contributed by atoms with Crippen LogP contribution in [0.3, 0.4) is 0 Å². The Labute approximate surface area is 177 Å². The van der Waals surface area contributed by atoms with Gasteiger partial charge in [-0.2, -0.15) is 0 Å². The smallest absolute Gasteiger partial charge is 0.233 e. The molecule has 4 rings (SSSR count). The molecule has 1 saturated heterocycles. The number of carbonyl (C=O) groups excluding carboxylic acids is 1. The number of hydrogen-bond donors (Lipinski definition) is 1. The molecule has 2 atom stereocenters. The minimum atomic E-state index is -0.105. The van der Waals surface area contributed by atoms with Crippen LogP contribution in [-0.2, 0) is 11.4 Å². The monoisotopic (exact) mass is 399 g/mol. The molecule has 1 aliphatic heterocycles. The fraction of sp³-hybridized carbons (Fsp3) is 0.192. The van der Waals surface area contributed by atoms with Gasteiger partial charge in [0.1, 0.15) is 5.75 Å². The van der Waals surface area contributed by atoms with Crippen molar-refractivity contribution in [1.82, 2.24) is 0 Å². The van der Waals surface area contributed by atoms with E-state index in [9.17, 15) is 4.79 Å². The highest BCUT2D eigenvalue weighted by Gasteiger charge is 2.47. The molecule has 0 saturated carbocycles. The molecular formula is C26H25NO3. The highest BCUT2D eigenvalue weighted by Crippen LogP contribution is 2.45. The lowest BCUT2D eigenvalue weighted by molar-refractivity contribution is -0.130. The first kappa shape index (κ1) is 19.9. The Bertz CT molecular complexity index is 1010. The van der Waals surface area contributed by atoms with Gasteiger partial charge in [-0.25, -0.2) is 0 Å². The van der Waals surface area contributed by atoms with Gasteiger partial charge < -0.3 is 14.7 Å². The van der Waals surface area contributed by atoms with Gasteiger partial charge in [0, 0.05) is 5.69 Å². The van der Waals surface area contributed by atoms with Gasteiger partial charge in [0.15, 0.2) is 0 Å². The summed E-state index contributed by atoms with van der Waals surface area (Å²) in [5, 5.41) is 9.17. The number of para-hydroxylation sites is 1. The maximum atomic E-state index is 13.0. The summed E-state index contributed by atoms with van der Waals surface area (Å²) in [6.07, 6.45) is 4.76. The van der Waals surface area contributed by atoms with E-state index < -0.39 is 0 Å². The van der Waals surface area contributed by atoms with E-state index in [1.54, 1.807) is 7.11 Å². The van der Waals surface area contributed by atoms with Crippen molar-refractivity contribution in [2.24, 2.45) is 5.92 Å². The van der Waals surface area contributed by atoms with E-state index >= 15 is 0 Å². The second kappa shape index (κ2) is 8.97. The average Bonchev–Trinajstić information content (AvgIpc) is 2.81. The molecule has 4 nitrogen and oxygen atoms in total. The number of amides is 1. The summed E-state index contributed by atoms with van der Waals surface area (Å²) < 4.78 is 5.28. The second-order valence-corrected chi connectivity index (χ2v) is 7.41. The maximum Gasteiger partial charge on any atom is 0.233 e. The summed E-state index contributed by atoms with van der Waals surface area (Å²) in [6.45, 7) is 0.0411. The summed E-state index contributed by atoms with van der Waals surface area (Å²) in [4.78, 5) is 14.9. The van der Waals surface area contributed by atoms with Crippen molar-refractivity contribution in [3.8, 4) is 5.75 Å². The van der Waals surface area contributed by atoms with Crippen LogP contribution in [0.25, 0.3) is 6.08 Å². The zero-order valence-electron chi connectivity index (χ0n) is 16.9. The van der Waals surface area contributed by atoms with Crippen LogP contribution in [0, 0.1) is 5.92 Å². The molecule has 0 radical (unpaired) electrons. The van der Waals surface area contributed by atoms with Crippen molar-refractivity contribution in [1.29, 1.82) is 0 Å². The van der Waals surface area contributed by atoms with Gasteiger partial charge >= 0.3 is 0 Å². The van der Waals surface area contributed by atoms with Gasteiger partial charge in [-0.05, 0) is 47.4 Å². The SMILES string of the molecule is COc1ccc([C@@H]2[C@@H](C/C=C/c3ccc(CO)cc3)C(=O)N2c2ccccc2)cc1. The summed E-state index contributed by atoms with van der Waals surface area (Å²) in [7, 11) is 1.65. The molecule has 0 spiro atoms. The molecule has 1 aliphatic rings. The standard InChI is InChI=1S/C26H25NO3/c1-30-23-16-14-21(15-17-23)25-24(26(29)27(25)22-7-3-2-4-8-22)9-5-6-19-10-12-20(18-28)13-11-19/h2-8,10-17,24-25,28H,9,18H2,1H3/b6-5+/t24-,25-/m1/s1. The van der Waals surface area contributed by atoms with E-state index in [4.69, 9.17) is 9.84 Å². The van der Waals surface area contributed by atoms with E-state index in [-0.39, 0.29) is 24.5 Å². The van der Waals surface area contributed by atoms with Crippen molar-refractivity contribution in [2.75, 3.05) is 12.0 Å². The molecule has 3 aromatic carbocycles. The first-order chi connectivity index (χ1) is 14.7. The number of β-lactam (4-membered cyclic amide) rings is 1. The van der Waals surface area contributed by atoms with Crippen LogP contribution in [0.1, 0.15) is 29.2 Å². The predicted molar refractivity (Wildman–Crippen MR) is 119 cm³/mol. The quantitative estimate of drug-likeness (QED) is 0.569. The normalized spacial score (nSPS) is 18.5. The summed E-state index contributed by atoms with van der Waals surface area (Å²) in [5.41, 5.74) is 3.97. The van der Waals surface area contributed by atoms with Gasteiger partial charge in [-0.3, -0.25) is 4.79 Å². The molecule has 1 heterocycles. The van der Waals surface area contributed by atoms with Crippen molar-refractivity contribution in [3.05, 3.63) is 102 Å². The lowest BCUT2D eigenvalue weighted by Gasteiger charge is -2.47. The number of anilines is 1. The van der Waals surface area contributed by atoms with Gasteiger partial charge in [-0.15, -0.1) is 0 Å². The number of hydrogen-bond acceptors (Lipinski definition) is 3. The molecule has 4 heteroatoms. The number of aliphatic hydroxyl groups is 1. The first-order valence-corrected chi connectivity index (χ1v) is 10.1. The van der Waals surface area contributed by atoms with Crippen LogP contribution in [0.5, 0.6) is 5.75 Å². The van der Waals surface area contributed by atoms with E-state index in [1.807, 2.05) is 89.8 Å². The number of allylic oxidation sites excluding steroid dienone is 1. The molecule has 3 aromatic rings. The fourth-order valence-corrected chi connectivity index (χ4v) is 3.92. The van der Waals surface area contributed by atoms with Crippen molar-refractivity contribution >= 4 is 17.7 Å². The van der Waals surface area contributed by atoms with Crippen molar-refractivity contribution < 1.29 is 14.6 Å². The Morgan fingerprint density at radius 1 is 0.967 bits per heavy atom. The lowest BCUT2D eigenvalue weighted by Crippen LogP contribution is -2.55. The average molecular weight is 399 g/mol. The number of methoxy groups -OCH3 is 1. The molecule has 152 valence electrons. The Hall–Kier alpha value is -3.37. The highest BCUT2D eigenvalue weighted by molar-refractivity contribution is 6.03. The Morgan fingerprint density at radius 2 is 1.67 bits per heavy atom. The maximum absolute atomic E-state index is 13.0. The van der Waals surface area contributed by atoms with Crippen LogP contribution in [0.15, 0.2) is 84.9 Å². The molecule has 0 unspecified atom stereocenters. The Balaban J connectivity index is 1.55. The molecule has 1 fully saturated rings. The molecular weight excluding hydrogens is 374 g/mol. The Morgan fingerprint density at radius 3 is 2.30 bits per heavy atom. The minimum absolute atomic E-state index is 0.00720. The van der Waals surface area contributed by atoms with E-state index in [0.29, 0.717) is 6.42 Å². The van der Waals surface area contributed by atoms with Crippen LogP contribution in [-0.4, -0.2) is 18.1 Å². The van der Waals surface area contributed by atoms with Crippen LogP contribution < -0.4 is 9.64 Å². The van der Waals surface area contributed by atoms with E-state index in [1.165, 1.54) is 0 Å². The third kappa shape index (κ3) is 4.00. The predicted octanol–water partition coefficient (Wildman–Crippen LogP) is 5.00. The van der Waals surface area contributed by atoms with Crippen molar-refractivity contribution in [2.45, 2.75) is 19.1 Å². The number of benzene rings is 3. The Kier molecular flexibility index (Phi) is 5.96. The van der Waals surface area contributed by atoms with Gasteiger partial charge in [-0.1, -0.05) is 66.7 Å². The topological polar surface area (TPSA) is 49.8 Å². The van der Waals surface area contributed by atoms with Gasteiger partial charge in [0.2, 0.25) is 5.91 Å². The number of carbonyl (C=O) groups is 1. The minimum Gasteiger partial charge on any atom is -0.497 e. The number of aliphatic hydroxyl groups excluding tert-OH is 1. The number of ether oxygens (including phenoxy) is 1. The summed E-state index contributed by atoms with van der Waals surface area (Å²) >= 11 is 0. The van der Waals surface area contributed by atoms with Crippen LogP contribution in [0.2, 0.25) is 0 Å².